The van der Waals surface area contributed by atoms with Gasteiger partial charge in [-0.1, -0.05) is 43.3 Å². The van der Waals surface area contributed by atoms with Gasteiger partial charge in [-0.3, -0.25) is 9.80 Å². The molecule has 1 atom stereocenters. The lowest BCUT2D eigenvalue weighted by molar-refractivity contribution is 0.145. The van der Waals surface area contributed by atoms with Crippen molar-refractivity contribution in [3.63, 3.8) is 0 Å². The van der Waals surface area contributed by atoms with Gasteiger partial charge in [0.2, 0.25) is 0 Å². The molecule has 1 aromatic heterocycles. The van der Waals surface area contributed by atoms with Crippen molar-refractivity contribution in [1.82, 2.24) is 14.8 Å². The first kappa shape index (κ1) is 23.4. The second-order valence-electron chi connectivity index (χ2n) is 10.6. The van der Waals surface area contributed by atoms with Gasteiger partial charge in [0.05, 0.1) is 0 Å². The average molecular weight is 483 g/mol. The van der Waals surface area contributed by atoms with E-state index in [0.29, 0.717) is 11.8 Å². The monoisotopic (exact) mass is 482 g/mol. The van der Waals surface area contributed by atoms with Gasteiger partial charge in [-0.05, 0) is 67.6 Å². The number of aromatic amines is 1. The van der Waals surface area contributed by atoms with Crippen LogP contribution in [0.15, 0.2) is 60.7 Å². The first-order valence-corrected chi connectivity index (χ1v) is 13.7. The molecule has 5 nitrogen and oxygen atoms in total. The molecule has 2 N–H and O–H groups in total. The smallest absolute Gasteiger partial charge is 0.119 e. The molecule has 4 aromatic rings. The number of anilines is 1. The first-order chi connectivity index (χ1) is 17.7. The number of nitrogens with one attached hydrogen (secondary N) is 1. The van der Waals surface area contributed by atoms with Gasteiger partial charge < -0.3 is 15.0 Å². The summed E-state index contributed by atoms with van der Waals surface area (Å²) in [6.45, 7) is 10.1. The van der Waals surface area contributed by atoms with Crippen LogP contribution in [-0.4, -0.2) is 71.7 Å². The molecular weight excluding hydrogens is 444 g/mol. The van der Waals surface area contributed by atoms with Crippen molar-refractivity contribution in [2.75, 3.05) is 50.7 Å². The number of piperazine rings is 1. The van der Waals surface area contributed by atoms with Crippen molar-refractivity contribution >= 4 is 27.5 Å². The van der Waals surface area contributed by atoms with Crippen molar-refractivity contribution in [3.8, 4) is 5.75 Å². The van der Waals surface area contributed by atoms with E-state index in [2.05, 4.69) is 75.1 Å². The molecule has 1 fully saturated rings. The predicted molar refractivity (Wildman–Crippen MR) is 150 cm³/mol. The zero-order chi connectivity index (χ0) is 24.5. The number of phenolic OH excluding ortho intramolecular Hbond substituents is 1. The molecular formula is C31H38N4O. The van der Waals surface area contributed by atoms with Gasteiger partial charge in [0.1, 0.15) is 5.75 Å². The number of benzene rings is 3. The number of nitrogens with zero attached hydrogens (tertiary/aromatic N) is 3. The Morgan fingerprint density at radius 1 is 0.917 bits per heavy atom. The van der Waals surface area contributed by atoms with E-state index >= 15 is 0 Å². The highest BCUT2D eigenvalue weighted by atomic mass is 16.3. The molecule has 2 heterocycles. The maximum Gasteiger partial charge on any atom is 0.119 e. The minimum atomic E-state index is 0.481. The van der Waals surface area contributed by atoms with Crippen LogP contribution >= 0.6 is 0 Å². The minimum Gasteiger partial charge on any atom is -0.508 e. The summed E-state index contributed by atoms with van der Waals surface area (Å²) in [4.78, 5) is 11.5. The van der Waals surface area contributed by atoms with Crippen molar-refractivity contribution < 1.29 is 5.11 Å². The SMILES string of the molecule is CCCN(CCN1CCN(c2ccc3c(c2)[nH]c2ccccc23)CC1)[C@H]1CCc2c(O)cccc2C1. The average Bonchev–Trinajstić information content (AvgIpc) is 3.29. The molecule has 1 saturated heterocycles. The third-order valence-corrected chi connectivity index (χ3v) is 8.39. The van der Waals surface area contributed by atoms with E-state index in [1.54, 1.807) is 0 Å². The number of phenols is 1. The molecule has 188 valence electrons. The Bertz CT molecular complexity index is 1340. The molecule has 5 heteroatoms. The fourth-order valence-corrected chi connectivity index (χ4v) is 6.38. The first-order valence-electron chi connectivity index (χ1n) is 13.7. The molecule has 36 heavy (non-hydrogen) atoms. The Morgan fingerprint density at radius 3 is 2.61 bits per heavy atom. The number of aromatic nitrogens is 1. The molecule has 0 unspecified atom stereocenters. The Labute approximate surface area is 214 Å². The van der Waals surface area contributed by atoms with Crippen LogP contribution in [0.5, 0.6) is 5.75 Å². The van der Waals surface area contributed by atoms with Crippen molar-refractivity contribution in [3.05, 3.63) is 71.8 Å². The van der Waals surface area contributed by atoms with Crippen molar-refractivity contribution in [2.24, 2.45) is 0 Å². The standard InChI is InChI=1S/C31H38N4O/c1-2-14-34(24-10-12-26-23(21-24)6-5-9-31(26)36)18-15-33-16-19-35(20-17-33)25-11-13-28-27-7-3-4-8-29(27)32-30(28)22-25/h3-9,11,13,22,24,32,36H,2,10,12,14-21H2,1H3/t24-/m0/s1. The van der Waals surface area contributed by atoms with Gasteiger partial charge in [-0.15, -0.1) is 0 Å². The Kier molecular flexibility index (Phi) is 6.60. The van der Waals surface area contributed by atoms with Crippen LogP contribution in [0.1, 0.15) is 30.9 Å². The molecule has 0 saturated carbocycles. The number of fused-ring (bicyclic) bond motifs is 4. The van der Waals surface area contributed by atoms with Gasteiger partial charge in [-0.25, -0.2) is 0 Å². The van der Waals surface area contributed by atoms with Crippen LogP contribution in [0.25, 0.3) is 21.8 Å². The lowest BCUT2D eigenvalue weighted by atomic mass is 9.87. The van der Waals surface area contributed by atoms with Gasteiger partial charge >= 0.3 is 0 Å². The molecule has 6 rings (SSSR count). The summed E-state index contributed by atoms with van der Waals surface area (Å²) < 4.78 is 0. The summed E-state index contributed by atoms with van der Waals surface area (Å²) in [7, 11) is 0. The Balaban J connectivity index is 1.05. The van der Waals surface area contributed by atoms with E-state index in [-0.39, 0.29) is 0 Å². The third-order valence-electron chi connectivity index (χ3n) is 8.39. The number of hydrogen-bond donors (Lipinski definition) is 2. The molecule has 0 bridgehead atoms. The van der Waals surface area contributed by atoms with Gasteiger partial charge in [0, 0.05) is 72.8 Å². The molecule has 0 spiro atoms. The maximum atomic E-state index is 10.2. The largest absolute Gasteiger partial charge is 0.508 e. The van der Waals surface area contributed by atoms with E-state index in [1.165, 1.54) is 45.0 Å². The fraction of sp³-hybridized carbons (Fsp3) is 0.419. The van der Waals surface area contributed by atoms with Gasteiger partial charge in [0.25, 0.3) is 0 Å². The second-order valence-corrected chi connectivity index (χ2v) is 10.6. The van der Waals surface area contributed by atoms with E-state index in [0.717, 1.165) is 65.1 Å². The highest BCUT2D eigenvalue weighted by Gasteiger charge is 2.26. The van der Waals surface area contributed by atoms with Crippen LogP contribution < -0.4 is 4.90 Å². The number of para-hydroxylation sites is 1. The molecule has 3 aromatic carbocycles. The zero-order valence-electron chi connectivity index (χ0n) is 21.4. The van der Waals surface area contributed by atoms with Crippen LogP contribution in [0, 0.1) is 0 Å². The summed E-state index contributed by atoms with van der Waals surface area (Å²) in [5.41, 5.74) is 6.28. The summed E-state index contributed by atoms with van der Waals surface area (Å²) in [6, 6.07) is 22.1. The van der Waals surface area contributed by atoms with E-state index < -0.39 is 0 Å². The number of aromatic hydroxyl groups is 1. The highest BCUT2D eigenvalue weighted by molar-refractivity contribution is 6.07. The van der Waals surface area contributed by atoms with E-state index in [9.17, 15) is 5.11 Å². The highest BCUT2D eigenvalue weighted by Crippen LogP contribution is 2.31. The third kappa shape index (κ3) is 4.58. The lowest BCUT2D eigenvalue weighted by Crippen LogP contribution is -2.50. The molecule has 1 aliphatic carbocycles. The quantitative estimate of drug-likeness (QED) is 0.369. The van der Waals surface area contributed by atoms with Crippen LogP contribution in [-0.2, 0) is 12.8 Å². The second kappa shape index (κ2) is 10.2. The summed E-state index contributed by atoms with van der Waals surface area (Å²) >= 11 is 0. The van der Waals surface area contributed by atoms with Crippen molar-refractivity contribution in [2.45, 2.75) is 38.6 Å². The summed E-state index contributed by atoms with van der Waals surface area (Å²) in [5, 5.41) is 12.8. The van der Waals surface area contributed by atoms with Gasteiger partial charge in [0.15, 0.2) is 0 Å². The van der Waals surface area contributed by atoms with Crippen LogP contribution in [0.2, 0.25) is 0 Å². The van der Waals surface area contributed by atoms with Crippen LogP contribution in [0.3, 0.4) is 0 Å². The number of rotatable bonds is 7. The van der Waals surface area contributed by atoms with Crippen LogP contribution in [0.4, 0.5) is 5.69 Å². The lowest BCUT2D eigenvalue weighted by Gasteiger charge is -2.39. The molecule has 2 aliphatic rings. The maximum absolute atomic E-state index is 10.2. The van der Waals surface area contributed by atoms with E-state index in [4.69, 9.17) is 0 Å². The molecule has 0 amide bonds. The minimum absolute atomic E-state index is 0.481. The normalized spacial score (nSPS) is 18.8. The number of H-pyrrole nitrogens is 1. The van der Waals surface area contributed by atoms with Crippen molar-refractivity contribution in [1.29, 1.82) is 0 Å². The molecule has 1 aliphatic heterocycles. The molecule has 0 radical (unpaired) electrons. The summed E-state index contributed by atoms with van der Waals surface area (Å²) in [5.74, 6) is 0.481. The predicted octanol–water partition coefficient (Wildman–Crippen LogP) is 5.42. The fourth-order valence-electron chi connectivity index (χ4n) is 6.38. The zero-order valence-corrected chi connectivity index (χ0v) is 21.4. The van der Waals surface area contributed by atoms with E-state index in [1.807, 2.05) is 12.1 Å². The number of hydrogen-bond acceptors (Lipinski definition) is 4. The summed E-state index contributed by atoms with van der Waals surface area (Å²) in [6.07, 6.45) is 4.39. The topological polar surface area (TPSA) is 45.7 Å². The Hall–Kier alpha value is -3.02. The van der Waals surface area contributed by atoms with Gasteiger partial charge in [-0.2, -0.15) is 0 Å². The Morgan fingerprint density at radius 2 is 1.75 bits per heavy atom.